The number of nitrogens with zero attached hydrogens (tertiary/aromatic N) is 1. The first-order valence-electron chi connectivity index (χ1n) is 8.68. The third-order valence-electron chi connectivity index (χ3n) is 4.47. The minimum atomic E-state index is -0.550. The third-order valence-corrected chi connectivity index (χ3v) is 4.47. The molecule has 1 amide bonds. The number of hydrogen-bond acceptors (Lipinski definition) is 3. The van der Waals surface area contributed by atoms with Crippen LogP contribution >= 0.6 is 12.4 Å². The van der Waals surface area contributed by atoms with Crippen LogP contribution in [0.1, 0.15) is 29.9 Å². The summed E-state index contributed by atoms with van der Waals surface area (Å²) < 4.78 is 1.74. The standard InChI is InChI=1S/C21H23N3O2.ClH/c1-13(2)12-24-18(11-22)19(14-6-4-3-5-7-14)16-9-8-15(20(23)25)10-17(16)21(24)26;/h3-10,13H,11-12,22H2,1-2H3,(H2,23,25);1H. The van der Waals surface area contributed by atoms with E-state index in [1.807, 2.05) is 30.3 Å². The molecule has 0 fully saturated rings. The van der Waals surface area contributed by atoms with Crippen molar-refractivity contribution in [3.8, 4) is 11.1 Å². The topological polar surface area (TPSA) is 91.1 Å². The highest BCUT2D eigenvalue weighted by Gasteiger charge is 2.18. The van der Waals surface area contributed by atoms with Gasteiger partial charge in [0.05, 0.1) is 0 Å². The summed E-state index contributed by atoms with van der Waals surface area (Å²) in [6.45, 7) is 4.92. The van der Waals surface area contributed by atoms with Crippen LogP contribution in [0.4, 0.5) is 0 Å². The summed E-state index contributed by atoms with van der Waals surface area (Å²) in [5, 5.41) is 1.27. The van der Waals surface area contributed by atoms with Crippen molar-refractivity contribution in [2.45, 2.75) is 26.9 Å². The first kappa shape index (κ1) is 20.7. The van der Waals surface area contributed by atoms with Crippen LogP contribution in [0.15, 0.2) is 53.3 Å². The lowest BCUT2D eigenvalue weighted by atomic mass is 9.95. The van der Waals surface area contributed by atoms with Gasteiger partial charge in [0.25, 0.3) is 5.56 Å². The van der Waals surface area contributed by atoms with E-state index in [1.165, 1.54) is 0 Å². The highest BCUT2D eigenvalue weighted by atomic mass is 35.5. The molecular formula is C21H24ClN3O2. The number of aromatic nitrogens is 1. The van der Waals surface area contributed by atoms with Gasteiger partial charge in [-0.15, -0.1) is 12.4 Å². The van der Waals surface area contributed by atoms with Gasteiger partial charge in [-0.05, 0) is 29.0 Å². The molecule has 1 heterocycles. The molecule has 0 unspecified atom stereocenters. The summed E-state index contributed by atoms with van der Waals surface area (Å²) >= 11 is 0. The smallest absolute Gasteiger partial charge is 0.258 e. The molecule has 0 saturated heterocycles. The molecule has 1 aromatic heterocycles. The Morgan fingerprint density at radius 3 is 2.30 bits per heavy atom. The van der Waals surface area contributed by atoms with Crippen molar-refractivity contribution in [2.24, 2.45) is 17.4 Å². The van der Waals surface area contributed by atoms with Crippen molar-refractivity contribution in [2.75, 3.05) is 0 Å². The fourth-order valence-corrected chi connectivity index (χ4v) is 3.35. The zero-order valence-electron chi connectivity index (χ0n) is 15.4. The molecule has 27 heavy (non-hydrogen) atoms. The summed E-state index contributed by atoms with van der Waals surface area (Å²) in [6, 6.07) is 14.9. The van der Waals surface area contributed by atoms with Gasteiger partial charge in [0.15, 0.2) is 0 Å². The SMILES string of the molecule is CC(C)Cn1c(CN)c(-c2ccccc2)c2ccc(C(N)=O)cc2c1=O.Cl. The molecule has 0 aliphatic rings. The Labute approximate surface area is 164 Å². The monoisotopic (exact) mass is 385 g/mol. The summed E-state index contributed by atoms with van der Waals surface area (Å²) in [6.07, 6.45) is 0. The van der Waals surface area contributed by atoms with E-state index < -0.39 is 5.91 Å². The number of carbonyl (C=O) groups is 1. The quantitative estimate of drug-likeness (QED) is 0.705. The van der Waals surface area contributed by atoms with Gasteiger partial charge in [-0.3, -0.25) is 9.59 Å². The molecule has 6 heteroatoms. The number of nitrogens with two attached hydrogens (primary N) is 2. The fraction of sp³-hybridized carbons (Fsp3) is 0.238. The maximum absolute atomic E-state index is 13.2. The first-order valence-corrected chi connectivity index (χ1v) is 8.68. The van der Waals surface area contributed by atoms with Crippen LogP contribution in [0.5, 0.6) is 0 Å². The van der Waals surface area contributed by atoms with Gasteiger partial charge in [0.1, 0.15) is 0 Å². The van der Waals surface area contributed by atoms with Crippen LogP contribution in [-0.2, 0) is 13.1 Å². The van der Waals surface area contributed by atoms with Crippen LogP contribution in [-0.4, -0.2) is 10.5 Å². The van der Waals surface area contributed by atoms with Gasteiger partial charge in [-0.25, -0.2) is 0 Å². The minimum absolute atomic E-state index is 0. The number of hydrogen-bond donors (Lipinski definition) is 2. The second-order valence-corrected chi connectivity index (χ2v) is 6.83. The number of fused-ring (bicyclic) bond motifs is 1. The van der Waals surface area contributed by atoms with Crippen molar-refractivity contribution in [1.82, 2.24) is 4.57 Å². The van der Waals surface area contributed by atoms with Crippen molar-refractivity contribution in [3.05, 3.63) is 70.1 Å². The van der Waals surface area contributed by atoms with E-state index in [4.69, 9.17) is 11.5 Å². The summed E-state index contributed by atoms with van der Waals surface area (Å²) in [4.78, 5) is 24.7. The van der Waals surface area contributed by atoms with Gasteiger partial charge in [0.2, 0.25) is 5.91 Å². The van der Waals surface area contributed by atoms with Crippen LogP contribution in [0.25, 0.3) is 21.9 Å². The van der Waals surface area contributed by atoms with Crippen molar-refractivity contribution >= 4 is 29.1 Å². The summed E-state index contributed by atoms with van der Waals surface area (Å²) in [7, 11) is 0. The zero-order chi connectivity index (χ0) is 18.8. The molecule has 3 aromatic rings. The fourth-order valence-electron chi connectivity index (χ4n) is 3.35. The van der Waals surface area contributed by atoms with E-state index >= 15 is 0 Å². The van der Waals surface area contributed by atoms with Gasteiger partial charge >= 0.3 is 0 Å². The maximum Gasteiger partial charge on any atom is 0.258 e. The number of halogens is 1. The molecule has 0 aliphatic heterocycles. The lowest BCUT2D eigenvalue weighted by Crippen LogP contribution is -2.28. The predicted molar refractivity (Wildman–Crippen MR) is 112 cm³/mol. The van der Waals surface area contributed by atoms with Gasteiger partial charge in [-0.1, -0.05) is 50.2 Å². The lowest BCUT2D eigenvalue weighted by molar-refractivity contribution is 0.100. The number of amides is 1. The molecule has 0 spiro atoms. The van der Waals surface area contributed by atoms with E-state index in [9.17, 15) is 9.59 Å². The molecule has 3 rings (SSSR count). The maximum atomic E-state index is 13.2. The molecule has 0 radical (unpaired) electrons. The molecule has 2 aromatic carbocycles. The van der Waals surface area contributed by atoms with Crippen molar-refractivity contribution < 1.29 is 4.79 Å². The molecule has 142 valence electrons. The second-order valence-electron chi connectivity index (χ2n) is 6.83. The Hall–Kier alpha value is -2.63. The Balaban J connectivity index is 0.00000261. The van der Waals surface area contributed by atoms with Gasteiger partial charge < -0.3 is 16.0 Å². The highest BCUT2D eigenvalue weighted by molar-refractivity contribution is 6.02. The number of rotatable bonds is 5. The Morgan fingerprint density at radius 1 is 1.07 bits per heavy atom. The third kappa shape index (κ3) is 3.89. The molecule has 5 nitrogen and oxygen atoms in total. The average molecular weight is 386 g/mol. The van der Waals surface area contributed by atoms with E-state index in [2.05, 4.69) is 13.8 Å². The molecule has 0 aliphatic carbocycles. The normalized spacial score (nSPS) is 10.8. The van der Waals surface area contributed by atoms with E-state index in [1.54, 1.807) is 22.8 Å². The molecule has 0 bridgehead atoms. The second kappa shape index (κ2) is 8.37. The van der Waals surface area contributed by atoms with E-state index in [-0.39, 0.29) is 30.4 Å². The molecular weight excluding hydrogens is 362 g/mol. The largest absolute Gasteiger partial charge is 0.366 e. The van der Waals surface area contributed by atoms with Crippen LogP contribution in [0.2, 0.25) is 0 Å². The molecule has 0 atom stereocenters. The van der Waals surface area contributed by atoms with E-state index in [0.29, 0.717) is 17.5 Å². The van der Waals surface area contributed by atoms with Crippen molar-refractivity contribution in [1.29, 1.82) is 0 Å². The number of benzene rings is 2. The summed E-state index contributed by atoms with van der Waals surface area (Å²) in [5.41, 5.74) is 14.4. The van der Waals surface area contributed by atoms with Crippen LogP contribution < -0.4 is 17.0 Å². The first-order chi connectivity index (χ1) is 12.4. The Kier molecular flexibility index (Phi) is 6.41. The Bertz CT molecular complexity index is 1030. The molecule has 4 N–H and O–H groups in total. The number of primary amides is 1. The van der Waals surface area contributed by atoms with Gasteiger partial charge in [-0.2, -0.15) is 0 Å². The predicted octanol–water partition coefficient (Wildman–Crippen LogP) is 3.30. The van der Waals surface area contributed by atoms with Gasteiger partial charge in [0, 0.05) is 35.3 Å². The average Bonchev–Trinajstić information content (AvgIpc) is 2.63. The summed E-state index contributed by atoms with van der Waals surface area (Å²) in [5.74, 6) is -0.274. The number of pyridine rings is 1. The zero-order valence-corrected chi connectivity index (χ0v) is 16.3. The van der Waals surface area contributed by atoms with E-state index in [0.717, 1.165) is 22.2 Å². The van der Waals surface area contributed by atoms with Crippen LogP contribution in [0, 0.1) is 5.92 Å². The van der Waals surface area contributed by atoms with Crippen molar-refractivity contribution in [3.63, 3.8) is 0 Å². The lowest BCUT2D eigenvalue weighted by Gasteiger charge is -2.20. The Morgan fingerprint density at radius 2 is 1.74 bits per heavy atom. The van der Waals surface area contributed by atoms with Crippen LogP contribution in [0.3, 0.4) is 0 Å². The highest BCUT2D eigenvalue weighted by Crippen LogP contribution is 2.31. The number of carbonyl (C=O) groups excluding carboxylic acids is 1. The molecule has 0 saturated carbocycles. The minimum Gasteiger partial charge on any atom is -0.366 e.